The molecule has 0 saturated carbocycles. The van der Waals surface area contributed by atoms with E-state index in [-0.39, 0.29) is 24.5 Å². The molecule has 8 nitrogen and oxygen atoms in total. The Labute approximate surface area is 156 Å². The number of hydrogen-bond donors (Lipinski definition) is 3. The highest BCUT2D eigenvalue weighted by molar-refractivity contribution is 5.96. The molecule has 0 atom stereocenters. The molecule has 0 aromatic heterocycles. The SMILES string of the molecule is COc1ccc(C)cc1NC(=O)CNC(=O)COc1ccccc1C(N)=O. The summed E-state index contributed by atoms with van der Waals surface area (Å²) in [5.74, 6) is -0.858. The van der Waals surface area contributed by atoms with Crippen molar-refractivity contribution in [1.29, 1.82) is 0 Å². The molecule has 27 heavy (non-hydrogen) atoms. The molecule has 0 aliphatic heterocycles. The maximum atomic E-state index is 12.0. The van der Waals surface area contributed by atoms with E-state index in [0.717, 1.165) is 5.56 Å². The van der Waals surface area contributed by atoms with Crippen LogP contribution >= 0.6 is 0 Å². The van der Waals surface area contributed by atoms with Gasteiger partial charge in [0.2, 0.25) is 5.91 Å². The minimum Gasteiger partial charge on any atom is -0.495 e. The van der Waals surface area contributed by atoms with E-state index in [2.05, 4.69) is 10.6 Å². The average molecular weight is 371 g/mol. The zero-order valence-corrected chi connectivity index (χ0v) is 15.1. The van der Waals surface area contributed by atoms with Crippen LogP contribution in [-0.4, -0.2) is 38.0 Å². The molecule has 0 aliphatic carbocycles. The Morgan fingerprint density at radius 2 is 1.78 bits per heavy atom. The van der Waals surface area contributed by atoms with Gasteiger partial charge in [0, 0.05) is 0 Å². The zero-order valence-electron chi connectivity index (χ0n) is 15.1. The molecule has 0 bridgehead atoms. The normalized spacial score (nSPS) is 10.0. The molecule has 0 aliphatic rings. The van der Waals surface area contributed by atoms with Crippen LogP contribution in [0.2, 0.25) is 0 Å². The number of nitrogens with two attached hydrogens (primary N) is 1. The first kappa shape index (κ1) is 19.8. The molecule has 0 heterocycles. The lowest BCUT2D eigenvalue weighted by Crippen LogP contribution is -2.36. The van der Waals surface area contributed by atoms with E-state index in [4.69, 9.17) is 15.2 Å². The molecule has 142 valence electrons. The molecule has 2 aromatic rings. The van der Waals surface area contributed by atoms with Gasteiger partial charge in [-0.2, -0.15) is 0 Å². The van der Waals surface area contributed by atoms with Crippen molar-refractivity contribution in [2.45, 2.75) is 6.92 Å². The predicted octanol–water partition coefficient (Wildman–Crippen LogP) is 1.24. The van der Waals surface area contributed by atoms with Crippen LogP contribution in [0.1, 0.15) is 15.9 Å². The van der Waals surface area contributed by atoms with Crippen molar-refractivity contribution in [3.63, 3.8) is 0 Å². The summed E-state index contributed by atoms with van der Waals surface area (Å²) in [5.41, 5.74) is 6.89. The smallest absolute Gasteiger partial charge is 0.258 e. The van der Waals surface area contributed by atoms with Crippen molar-refractivity contribution in [2.24, 2.45) is 5.73 Å². The quantitative estimate of drug-likeness (QED) is 0.645. The molecule has 0 fully saturated rings. The number of nitrogens with one attached hydrogen (secondary N) is 2. The molecule has 2 aromatic carbocycles. The van der Waals surface area contributed by atoms with Gasteiger partial charge >= 0.3 is 0 Å². The minimum absolute atomic E-state index is 0.176. The molecular weight excluding hydrogens is 350 g/mol. The van der Waals surface area contributed by atoms with Crippen molar-refractivity contribution in [3.8, 4) is 11.5 Å². The van der Waals surface area contributed by atoms with Gasteiger partial charge in [-0.05, 0) is 36.8 Å². The molecule has 0 saturated heterocycles. The first-order chi connectivity index (χ1) is 12.9. The van der Waals surface area contributed by atoms with E-state index >= 15 is 0 Å². The summed E-state index contributed by atoms with van der Waals surface area (Å²) >= 11 is 0. The number of aryl methyl sites for hydroxylation is 1. The van der Waals surface area contributed by atoms with Crippen LogP contribution in [0.5, 0.6) is 11.5 Å². The van der Waals surface area contributed by atoms with Crippen LogP contribution in [0.3, 0.4) is 0 Å². The molecule has 3 amide bonds. The first-order valence-corrected chi connectivity index (χ1v) is 8.13. The lowest BCUT2D eigenvalue weighted by atomic mass is 10.2. The Morgan fingerprint density at radius 1 is 1.04 bits per heavy atom. The van der Waals surface area contributed by atoms with Crippen LogP contribution < -0.4 is 25.8 Å². The third kappa shape index (κ3) is 5.74. The van der Waals surface area contributed by atoms with Crippen molar-refractivity contribution in [2.75, 3.05) is 25.6 Å². The van der Waals surface area contributed by atoms with Gasteiger partial charge in [-0.3, -0.25) is 14.4 Å². The highest BCUT2D eigenvalue weighted by atomic mass is 16.5. The lowest BCUT2D eigenvalue weighted by Gasteiger charge is -2.12. The van der Waals surface area contributed by atoms with E-state index in [1.807, 2.05) is 13.0 Å². The molecule has 0 radical (unpaired) electrons. The minimum atomic E-state index is -0.655. The molecular formula is C19H21N3O5. The van der Waals surface area contributed by atoms with Gasteiger partial charge in [-0.1, -0.05) is 18.2 Å². The van der Waals surface area contributed by atoms with E-state index < -0.39 is 17.7 Å². The molecule has 2 rings (SSSR count). The fourth-order valence-electron chi connectivity index (χ4n) is 2.28. The van der Waals surface area contributed by atoms with Gasteiger partial charge in [0.25, 0.3) is 11.8 Å². The van der Waals surface area contributed by atoms with Gasteiger partial charge in [0.15, 0.2) is 6.61 Å². The number of ether oxygens (including phenoxy) is 2. The first-order valence-electron chi connectivity index (χ1n) is 8.13. The Balaban J connectivity index is 1.85. The number of methoxy groups -OCH3 is 1. The Morgan fingerprint density at radius 3 is 2.48 bits per heavy atom. The monoisotopic (exact) mass is 371 g/mol. The highest BCUT2D eigenvalue weighted by Gasteiger charge is 2.12. The second-order valence-electron chi connectivity index (χ2n) is 5.68. The van der Waals surface area contributed by atoms with Gasteiger partial charge in [0.1, 0.15) is 11.5 Å². The number of anilines is 1. The van der Waals surface area contributed by atoms with Crippen LogP contribution in [0.4, 0.5) is 5.69 Å². The maximum absolute atomic E-state index is 12.0. The van der Waals surface area contributed by atoms with Crippen LogP contribution in [-0.2, 0) is 9.59 Å². The largest absolute Gasteiger partial charge is 0.495 e. The number of primary amides is 1. The standard InChI is InChI=1S/C19H21N3O5/c1-12-7-8-16(26-2)14(9-12)22-17(23)10-21-18(24)11-27-15-6-4-3-5-13(15)19(20)25/h3-9H,10-11H2,1-2H3,(H2,20,25)(H,21,24)(H,22,23). The number of carbonyl (C=O) groups excluding carboxylic acids is 3. The Bertz CT molecular complexity index is 851. The summed E-state index contributed by atoms with van der Waals surface area (Å²) in [7, 11) is 1.50. The van der Waals surface area contributed by atoms with E-state index in [0.29, 0.717) is 11.4 Å². The Kier molecular flexibility index (Phi) is 6.76. The van der Waals surface area contributed by atoms with Crippen LogP contribution in [0.15, 0.2) is 42.5 Å². The molecule has 0 unspecified atom stereocenters. The summed E-state index contributed by atoms with van der Waals surface area (Å²) in [6.45, 7) is 1.29. The van der Waals surface area contributed by atoms with Crippen molar-refractivity contribution < 1.29 is 23.9 Å². The van der Waals surface area contributed by atoms with Crippen molar-refractivity contribution in [1.82, 2.24) is 5.32 Å². The second-order valence-corrected chi connectivity index (χ2v) is 5.68. The van der Waals surface area contributed by atoms with Gasteiger partial charge in [0.05, 0.1) is 24.9 Å². The Hall–Kier alpha value is -3.55. The number of rotatable bonds is 8. The topological polar surface area (TPSA) is 120 Å². The van der Waals surface area contributed by atoms with Gasteiger partial charge in [-0.25, -0.2) is 0 Å². The summed E-state index contributed by atoms with van der Waals surface area (Å²) in [6.07, 6.45) is 0. The number of para-hydroxylation sites is 1. The summed E-state index contributed by atoms with van der Waals surface area (Å²) in [4.78, 5) is 35.2. The van der Waals surface area contributed by atoms with E-state index in [1.165, 1.54) is 19.2 Å². The van der Waals surface area contributed by atoms with Gasteiger partial charge < -0.3 is 25.8 Å². The number of hydrogen-bond acceptors (Lipinski definition) is 5. The fraction of sp³-hybridized carbons (Fsp3) is 0.211. The van der Waals surface area contributed by atoms with Crippen LogP contribution in [0, 0.1) is 6.92 Å². The predicted molar refractivity (Wildman–Crippen MR) is 99.8 cm³/mol. The number of carbonyl (C=O) groups is 3. The van der Waals surface area contributed by atoms with Gasteiger partial charge in [-0.15, -0.1) is 0 Å². The highest BCUT2D eigenvalue weighted by Crippen LogP contribution is 2.24. The molecule has 8 heteroatoms. The lowest BCUT2D eigenvalue weighted by molar-refractivity contribution is -0.125. The third-order valence-electron chi connectivity index (χ3n) is 3.59. The number of amides is 3. The second kappa shape index (κ2) is 9.23. The maximum Gasteiger partial charge on any atom is 0.258 e. The van der Waals surface area contributed by atoms with Crippen molar-refractivity contribution >= 4 is 23.4 Å². The summed E-state index contributed by atoms with van der Waals surface area (Å²) in [5, 5.41) is 5.12. The summed E-state index contributed by atoms with van der Waals surface area (Å²) in [6, 6.07) is 11.7. The van der Waals surface area contributed by atoms with E-state index in [9.17, 15) is 14.4 Å². The average Bonchev–Trinajstić information content (AvgIpc) is 2.65. The van der Waals surface area contributed by atoms with E-state index in [1.54, 1.807) is 24.3 Å². The van der Waals surface area contributed by atoms with Crippen LogP contribution in [0.25, 0.3) is 0 Å². The third-order valence-corrected chi connectivity index (χ3v) is 3.59. The van der Waals surface area contributed by atoms with Crippen molar-refractivity contribution in [3.05, 3.63) is 53.6 Å². The zero-order chi connectivity index (χ0) is 19.8. The molecule has 4 N–H and O–H groups in total. The summed E-state index contributed by atoms with van der Waals surface area (Å²) < 4.78 is 10.5. The fourth-order valence-corrected chi connectivity index (χ4v) is 2.28. The molecule has 0 spiro atoms. The number of benzene rings is 2.